The molecule has 0 bridgehead atoms. The van der Waals surface area contributed by atoms with E-state index in [1.165, 1.54) is 40.8 Å². The van der Waals surface area contributed by atoms with E-state index in [9.17, 15) is 31.2 Å². The Balaban J connectivity index is 1.51. The zero-order valence-electron chi connectivity index (χ0n) is 19.4. The summed E-state index contributed by atoms with van der Waals surface area (Å²) in [5, 5.41) is 0. The van der Waals surface area contributed by atoms with Crippen molar-refractivity contribution in [3.8, 4) is 11.1 Å². The zero-order valence-corrected chi connectivity index (χ0v) is 20.2. The van der Waals surface area contributed by atoms with Crippen LogP contribution < -0.4 is 5.56 Å². The fourth-order valence-electron chi connectivity index (χ4n) is 4.16. The highest BCUT2D eigenvalue weighted by molar-refractivity contribution is 7.89. The maximum absolute atomic E-state index is 13.1. The highest BCUT2D eigenvalue weighted by Gasteiger charge is 2.30. The van der Waals surface area contributed by atoms with Crippen molar-refractivity contribution in [1.29, 1.82) is 0 Å². The average molecular weight is 519 g/mol. The van der Waals surface area contributed by atoms with Gasteiger partial charge in [-0.15, -0.1) is 0 Å². The number of nitrogens with zero attached hydrogens (tertiary/aromatic N) is 2. The third-order valence-corrected chi connectivity index (χ3v) is 8.11. The summed E-state index contributed by atoms with van der Waals surface area (Å²) in [5.41, 5.74) is 0.231. The molecule has 2 aromatic carbocycles. The van der Waals surface area contributed by atoms with Gasteiger partial charge in [-0.25, -0.2) is 8.42 Å². The number of carbonyl (C=O) groups is 1. The van der Waals surface area contributed by atoms with Crippen LogP contribution in [0.2, 0.25) is 0 Å². The second-order valence-electron chi connectivity index (χ2n) is 8.72. The molecular weight excluding hydrogens is 493 g/mol. The van der Waals surface area contributed by atoms with Gasteiger partial charge in [0.25, 0.3) is 5.56 Å². The van der Waals surface area contributed by atoms with Crippen LogP contribution in [0.1, 0.15) is 41.6 Å². The summed E-state index contributed by atoms with van der Waals surface area (Å²) in [7, 11) is -3.78. The molecule has 1 fully saturated rings. The van der Waals surface area contributed by atoms with E-state index in [1.807, 2.05) is 0 Å². The smallest absolute Gasteiger partial charge is 0.306 e. The number of alkyl halides is 3. The lowest BCUT2D eigenvalue weighted by molar-refractivity contribution is -0.137. The number of hydrogen-bond acceptors (Lipinski definition) is 4. The van der Waals surface area contributed by atoms with E-state index in [2.05, 4.69) is 0 Å². The second kappa shape index (κ2) is 10.4. The molecule has 1 aliphatic heterocycles. The van der Waals surface area contributed by atoms with E-state index < -0.39 is 33.1 Å². The zero-order chi connectivity index (χ0) is 25.9. The SMILES string of the molecule is O=C(Cn1cc(S(=O)(=O)N2CCCCCC2)ccc1=O)c1ccc(-c2ccc(C(F)(F)F)cc2)cc1. The maximum Gasteiger partial charge on any atom is 0.416 e. The molecule has 0 aliphatic carbocycles. The topological polar surface area (TPSA) is 76.5 Å². The molecule has 3 aromatic rings. The predicted molar refractivity (Wildman–Crippen MR) is 129 cm³/mol. The quantitative estimate of drug-likeness (QED) is 0.431. The van der Waals surface area contributed by atoms with Gasteiger partial charge < -0.3 is 4.57 Å². The third kappa shape index (κ3) is 5.76. The minimum absolute atomic E-state index is 0.0329. The number of rotatable bonds is 6. The molecule has 0 spiro atoms. The van der Waals surface area contributed by atoms with Crippen molar-refractivity contribution in [1.82, 2.24) is 8.87 Å². The number of benzene rings is 2. The monoisotopic (exact) mass is 518 g/mol. The van der Waals surface area contributed by atoms with Gasteiger partial charge in [0.2, 0.25) is 10.0 Å². The number of carbonyl (C=O) groups excluding carboxylic acids is 1. The summed E-state index contributed by atoms with van der Waals surface area (Å²) >= 11 is 0. The Hall–Kier alpha value is -3.24. The summed E-state index contributed by atoms with van der Waals surface area (Å²) in [6.45, 7) is 0.499. The van der Waals surface area contributed by atoms with Crippen molar-refractivity contribution in [2.75, 3.05) is 13.1 Å². The molecule has 0 radical (unpaired) electrons. The second-order valence-corrected chi connectivity index (χ2v) is 10.7. The van der Waals surface area contributed by atoms with Gasteiger partial charge in [-0.1, -0.05) is 49.2 Å². The van der Waals surface area contributed by atoms with Gasteiger partial charge in [-0.05, 0) is 42.2 Å². The number of sulfonamides is 1. The first-order valence-electron chi connectivity index (χ1n) is 11.6. The van der Waals surface area contributed by atoms with Crippen LogP contribution in [-0.2, 0) is 22.7 Å². The Labute approximate surface area is 207 Å². The van der Waals surface area contributed by atoms with Gasteiger partial charge in [0.15, 0.2) is 5.78 Å². The molecule has 0 amide bonds. The first kappa shape index (κ1) is 25.8. The number of ketones is 1. The van der Waals surface area contributed by atoms with Gasteiger partial charge in [-0.3, -0.25) is 9.59 Å². The largest absolute Gasteiger partial charge is 0.416 e. The lowest BCUT2D eigenvalue weighted by atomic mass is 10.0. The molecule has 0 unspecified atom stereocenters. The molecule has 0 N–H and O–H groups in total. The number of hydrogen-bond donors (Lipinski definition) is 0. The van der Waals surface area contributed by atoms with E-state index in [4.69, 9.17) is 0 Å². The summed E-state index contributed by atoms with van der Waals surface area (Å²) in [5.74, 6) is -0.402. The van der Waals surface area contributed by atoms with Gasteiger partial charge >= 0.3 is 6.18 Å². The maximum atomic E-state index is 13.1. The van der Waals surface area contributed by atoms with E-state index >= 15 is 0 Å². The minimum Gasteiger partial charge on any atom is -0.306 e. The fourth-order valence-corrected chi connectivity index (χ4v) is 5.70. The van der Waals surface area contributed by atoms with Crippen LogP contribution in [-0.4, -0.2) is 36.2 Å². The summed E-state index contributed by atoms with van der Waals surface area (Å²) < 4.78 is 67.0. The van der Waals surface area contributed by atoms with Crippen molar-refractivity contribution in [3.63, 3.8) is 0 Å². The lowest BCUT2D eigenvalue weighted by Crippen LogP contribution is -2.33. The Morgan fingerprint density at radius 1 is 0.806 bits per heavy atom. The van der Waals surface area contributed by atoms with Gasteiger partial charge in [-0.2, -0.15) is 17.5 Å². The van der Waals surface area contributed by atoms with E-state index in [0.29, 0.717) is 29.8 Å². The highest BCUT2D eigenvalue weighted by Crippen LogP contribution is 2.31. The highest BCUT2D eigenvalue weighted by atomic mass is 32.2. The molecule has 0 saturated carbocycles. The number of aromatic nitrogens is 1. The van der Waals surface area contributed by atoms with Crippen LogP contribution in [0.3, 0.4) is 0 Å². The molecule has 1 aromatic heterocycles. The first-order valence-corrected chi connectivity index (χ1v) is 13.0. The van der Waals surface area contributed by atoms with Crippen molar-refractivity contribution < 1.29 is 26.4 Å². The van der Waals surface area contributed by atoms with Crippen molar-refractivity contribution in [2.45, 2.75) is 43.3 Å². The van der Waals surface area contributed by atoms with E-state index in [0.717, 1.165) is 48.4 Å². The Kier molecular flexibility index (Phi) is 7.46. The van der Waals surface area contributed by atoms with Gasteiger partial charge in [0.05, 0.1) is 17.0 Å². The molecule has 4 rings (SSSR count). The Morgan fingerprint density at radius 2 is 1.36 bits per heavy atom. The predicted octanol–water partition coefficient (Wildman–Crippen LogP) is 4.98. The van der Waals surface area contributed by atoms with Crippen LogP contribution in [0.5, 0.6) is 0 Å². The van der Waals surface area contributed by atoms with Crippen LogP contribution in [0.4, 0.5) is 13.2 Å². The third-order valence-electron chi connectivity index (χ3n) is 6.23. The summed E-state index contributed by atoms with van der Waals surface area (Å²) in [6, 6.07) is 13.4. The van der Waals surface area contributed by atoms with Crippen molar-refractivity contribution >= 4 is 15.8 Å². The fraction of sp³-hybridized carbons (Fsp3) is 0.308. The standard InChI is InChI=1S/C26H25F3N2O4S/c27-26(28,29)22-11-9-20(10-12-22)19-5-7-21(8-6-19)24(32)18-30-17-23(13-14-25(30)33)36(34,35)31-15-3-1-2-4-16-31/h5-14,17H,1-4,15-16,18H2. The number of pyridine rings is 1. The molecule has 1 aliphatic rings. The average Bonchev–Trinajstić information content (AvgIpc) is 3.15. The molecule has 10 heteroatoms. The number of Topliss-reactive ketones (excluding diaryl/α,β-unsaturated/α-hetero) is 1. The van der Waals surface area contributed by atoms with Crippen LogP contribution in [0.15, 0.2) is 76.6 Å². The van der Waals surface area contributed by atoms with Crippen LogP contribution in [0.25, 0.3) is 11.1 Å². The minimum atomic E-state index is -4.42. The molecule has 6 nitrogen and oxygen atoms in total. The molecule has 190 valence electrons. The van der Waals surface area contributed by atoms with Crippen molar-refractivity contribution in [3.05, 3.63) is 88.3 Å². The normalized spacial score (nSPS) is 15.4. The van der Waals surface area contributed by atoms with Gasteiger partial charge in [0.1, 0.15) is 0 Å². The lowest BCUT2D eigenvalue weighted by Gasteiger charge is -2.20. The molecule has 1 saturated heterocycles. The Morgan fingerprint density at radius 3 is 1.92 bits per heavy atom. The Bertz CT molecular complexity index is 1390. The van der Waals surface area contributed by atoms with E-state index in [-0.39, 0.29) is 11.4 Å². The number of halogens is 3. The summed E-state index contributed by atoms with van der Waals surface area (Å²) in [4.78, 5) is 25.2. The van der Waals surface area contributed by atoms with E-state index in [1.54, 1.807) is 12.1 Å². The first-order chi connectivity index (χ1) is 17.1. The summed E-state index contributed by atoms with van der Waals surface area (Å²) in [6.07, 6.45) is 0.280. The van der Waals surface area contributed by atoms with Crippen LogP contribution in [0, 0.1) is 0 Å². The molecule has 2 heterocycles. The van der Waals surface area contributed by atoms with Crippen LogP contribution >= 0.6 is 0 Å². The molecular formula is C26H25F3N2O4S. The molecule has 36 heavy (non-hydrogen) atoms. The van der Waals surface area contributed by atoms with Gasteiger partial charge in [0, 0.05) is 30.9 Å². The van der Waals surface area contributed by atoms with Crippen molar-refractivity contribution in [2.24, 2.45) is 0 Å². The molecule has 0 atom stereocenters.